The van der Waals surface area contributed by atoms with Gasteiger partial charge < -0.3 is 5.32 Å². The van der Waals surface area contributed by atoms with Crippen LogP contribution < -0.4 is 10.5 Å². The fourth-order valence-corrected chi connectivity index (χ4v) is 4.73. The van der Waals surface area contributed by atoms with E-state index in [2.05, 4.69) is 21.7 Å². The van der Waals surface area contributed by atoms with Gasteiger partial charge in [0.2, 0.25) is 0 Å². The molecule has 0 spiro atoms. The molecule has 1 atom stereocenters. The maximum absolute atomic E-state index is 12.7. The molecule has 8 nitrogen and oxygen atoms in total. The molecular weight excluding hydrogens is 414 g/mol. The summed E-state index contributed by atoms with van der Waals surface area (Å²) >= 11 is 0. The van der Waals surface area contributed by atoms with Crippen molar-refractivity contribution >= 4 is 21.6 Å². The van der Waals surface area contributed by atoms with E-state index < -0.39 is 22.5 Å². The minimum absolute atomic E-state index is 0.312. The van der Waals surface area contributed by atoms with E-state index >= 15 is 0 Å². The molecule has 4 rings (SSSR count). The van der Waals surface area contributed by atoms with Gasteiger partial charge in [-0.15, -0.1) is 4.36 Å². The van der Waals surface area contributed by atoms with Gasteiger partial charge in [-0.1, -0.05) is 13.3 Å². The largest absolute Gasteiger partial charge is 0.354 e. The van der Waals surface area contributed by atoms with E-state index in [-0.39, 0.29) is 5.03 Å². The van der Waals surface area contributed by atoms with Crippen LogP contribution in [0.4, 0.5) is 19.3 Å². The van der Waals surface area contributed by atoms with Gasteiger partial charge in [0.15, 0.2) is 14.9 Å². The fourth-order valence-electron chi connectivity index (χ4n) is 3.88. The summed E-state index contributed by atoms with van der Waals surface area (Å²) in [6, 6.07) is 0.192. The minimum Gasteiger partial charge on any atom is -0.305 e. The fraction of sp³-hybridized carbons (Fsp3) is 0.526. The number of alkyl halides is 2. The number of amides is 2. The number of pyridine rings is 1. The highest BCUT2D eigenvalue weighted by atomic mass is 32.2. The number of nitrogens with one attached hydrogen (secondary N) is 1. The first-order chi connectivity index (χ1) is 14.3. The second-order valence-electron chi connectivity index (χ2n) is 7.66. The number of carbonyl (C=O) groups excluding carboxylic acids is 1. The smallest absolute Gasteiger partial charge is 0.305 e. The Morgan fingerprint density at radius 1 is 1.43 bits per heavy atom. The summed E-state index contributed by atoms with van der Waals surface area (Å²) in [6.45, 7) is -0.842. The van der Waals surface area contributed by atoms with Gasteiger partial charge in [-0.05, 0) is 55.7 Å². The van der Waals surface area contributed by atoms with Crippen molar-refractivity contribution in [2.75, 3.05) is 5.32 Å². The van der Waals surface area contributed by atoms with E-state index in [4.69, 9.17) is 10.1 Å². The third kappa shape index (κ3) is 4.08. The summed E-state index contributed by atoms with van der Waals surface area (Å²) in [5.41, 5.74) is 4.74. The molecule has 11 heteroatoms. The Labute approximate surface area is 173 Å². The molecule has 0 bridgehead atoms. The number of halogens is 2. The Balaban J connectivity index is 1.68. The van der Waals surface area contributed by atoms with Gasteiger partial charge in [0.05, 0.1) is 5.69 Å². The predicted molar refractivity (Wildman–Crippen MR) is 108 cm³/mol. The lowest BCUT2D eigenvalue weighted by atomic mass is 9.98. The number of urea groups is 1. The van der Waals surface area contributed by atoms with E-state index in [9.17, 15) is 17.8 Å². The molecule has 2 aliphatic carbocycles. The molecule has 2 heterocycles. The number of fused-ring (bicyclic) bond motifs is 1. The van der Waals surface area contributed by atoms with E-state index in [0.29, 0.717) is 16.3 Å². The van der Waals surface area contributed by atoms with E-state index in [0.717, 1.165) is 79.7 Å². The molecular formula is C19H24F2N6O2S. The number of rotatable bonds is 6. The number of nitrogens with zero attached hydrogens (tertiary/aromatic N) is 4. The molecule has 1 fully saturated rings. The average molecular weight is 439 g/mol. The first-order valence-electron chi connectivity index (χ1n) is 10.0. The molecule has 0 aliphatic heterocycles. The average Bonchev–Trinajstić information content (AvgIpc) is 3.19. The molecule has 2 amide bonds. The van der Waals surface area contributed by atoms with Crippen molar-refractivity contribution in [1.29, 1.82) is 0 Å². The summed E-state index contributed by atoms with van der Waals surface area (Å²) in [5, 5.41) is 11.6. The lowest BCUT2D eigenvalue weighted by Gasteiger charge is -2.18. The summed E-state index contributed by atoms with van der Waals surface area (Å²) in [7, 11) is -3.76. The topological polar surface area (TPSA) is 115 Å². The van der Waals surface area contributed by atoms with Crippen LogP contribution in [0.2, 0.25) is 0 Å². The maximum atomic E-state index is 12.7. The van der Waals surface area contributed by atoms with Gasteiger partial charge in [0.1, 0.15) is 0 Å². The molecule has 1 saturated carbocycles. The van der Waals surface area contributed by atoms with Gasteiger partial charge in [-0.25, -0.2) is 18.8 Å². The van der Waals surface area contributed by atoms with Crippen LogP contribution in [0, 0.1) is 0 Å². The molecule has 0 saturated heterocycles. The molecule has 3 N–H and O–H groups in total. The Bertz CT molecular complexity index is 1100. The van der Waals surface area contributed by atoms with Crippen LogP contribution in [-0.4, -0.2) is 25.0 Å². The molecule has 0 radical (unpaired) electrons. The van der Waals surface area contributed by atoms with Gasteiger partial charge in [-0.3, -0.25) is 4.98 Å². The van der Waals surface area contributed by atoms with Gasteiger partial charge in [-0.2, -0.15) is 13.9 Å². The zero-order valence-electron chi connectivity index (χ0n) is 16.6. The maximum Gasteiger partial charge on any atom is 0.354 e. The zero-order valence-corrected chi connectivity index (χ0v) is 17.4. The first kappa shape index (κ1) is 20.9. The zero-order chi connectivity index (χ0) is 21.5. The first-order valence-corrected chi connectivity index (χ1v) is 11.6. The van der Waals surface area contributed by atoms with Crippen LogP contribution in [0.1, 0.15) is 67.6 Å². The predicted octanol–water partition coefficient (Wildman–Crippen LogP) is 3.92. The Morgan fingerprint density at radius 3 is 2.83 bits per heavy atom. The summed E-state index contributed by atoms with van der Waals surface area (Å²) in [4.78, 5) is 17.6. The summed E-state index contributed by atoms with van der Waals surface area (Å²) in [5.74, 6) is 0.419. The number of hydrogen-bond donors (Lipinski definition) is 2. The van der Waals surface area contributed by atoms with Crippen molar-refractivity contribution in [2.24, 2.45) is 9.50 Å². The van der Waals surface area contributed by atoms with Crippen LogP contribution >= 0.6 is 0 Å². The van der Waals surface area contributed by atoms with E-state index in [1.165, 1.54) is 0 Å². The molecule has 0 aromatic carbocycles. The quantitative estimate of drug-likeness (QED) is 0.711. The molecule has 2 aliphatic rings. The lowest BCUT2D eigenvalue weighted by Crippen LogP contribution is -2.20. The summed E-state index contributed by atoms with van der Waals surface area (Å²) in [6.07, 6.45) is 7.39. The highest BCUT2D eigenvalue weighted by Gasteiger charge is 2.32. The van der Waals surface area contributed by atoms with Crippen LogP contribution in [0.15, 0.2) is 21.7 Å². The third-order valence-corrected chi connectivity index (χ3v) is 6.61. The lowest BCUT2D eigenvalue weighted by molar-refractivity contribution is 0.0554. The Morgan fingerprint density at radius 2 is 2.20 bits per heavy atom. The third-order valence-electron chi connectivity index (χ3n) is 5.35. The van der Waals surface area contributed by atoms with Crippen molar-refractivity contribution in [2.45, 2.75) is 69.4 Å². The molecule has 2 aromatic heterocycles. The number of nitrogens with two attached hydrogens (primary N) is 1. The Kier molecular flexibility index (Phi) is 5.58. The molecule has 2 aromatic rings. The van der Waals surface area contributed by atoms with Gasteiger partial charge in [0, 0.05) is 23.5 Å². The van der Waals surface area contributed by atoms with Gasteiger partial charge in [0.25, 0.3) is 0 Å². The second kappa shape index (κ2) is 8.03. The monoisotopic (exact) mass is 438 g/mol. The SMILES string of the molecule is CCCc1c(C2CC2)nc2c(c1NC(=O)N=S(N)(=O)c1ccn(C(F)F)n1)CCC2. The normalized spacial score (nSPS) is 17.6. The number of aromatic nitrogens is 3. The van der Waals surface area contributed by atoms with Crippen molar-refractivity contribution in [3.63, 3.8) is 0 Å². The second-order valence-corrected chi connectivity index (χ2v) is 9.39. The number of carbonyl (C=O) groups is 1. The van der Waals surface area contributed by atoms with Crippen molar-refractivity contribution in [3.8, 4) is 0 Å². The van der Waals surface area contributed by atoms with Crippen LogP contribution in [0.3, 0.4) is 0 Å². The van der Waals surface area contributed by atoms with Crippen molar-refractivity contribution < 1.29 is 17.8 Å². The number of anilines is 1. The molecule has 30 heavy (non-hydrogen) atoms. The summed E-state index contributed by atoms with van der Waals surface area (Å²) < 4.78 is 42.0. The van der Waals surface area contributed by atoms with Crippen LogP contribution in [0.25, 0.3) is 0 Å². The highest BCUT2D eigenvalue weighted by molar-refractivity contribution is 7.91. The van der Waals surface area contributed by atoms with Gasteiger partial charge >= 0.3 is 12.6 Å². The van der Waals surface area contributed by atoms with Crippen molar-refractivity contribution in [1.82, 2.24) is 14.8 Å². The van der Waals surface area contributed by atoms with E-state index in [1.807, 2.05) is 0 Å². The molecule has 1 unspecified atom stereocenters. The Hall–Kier alpha value is -2.40. The number of hydrogen-bond acceptors (Lipinski definition) is 4. The van der Waals surface area contributed by atoms with Crippen molar-refractivity contribution in [3.05, 3.63) is 34.8 Å². The minimum atomic E-state index is -3.76. The molecule has 162 valence electrons. The number of aryl methyl sites for hydroxylation is 1. The van der Waals surface area contributed by atoms with E-state index in [1.54, 1.807) is 0 Å². The van der Waals surface area contributed by atoms with Crippen LogP contribution in [-0.2, 0) is 29.2 Å². The van der Waals surface area contributed by atoms with Crippen LogP contribution in [0.5, 0.6) is 0 Å². The standard InChI is InChI=1S/C19H24F2N6O2S/c1-2-4-13-16(11-7-8-11)23-14-6-3-5-12(14)17(13)24-19(28)26-30(22,29)15-9-10-27(25-15)18(20)21/h9-11,18H,2-8H2,1H3,(H3,22,23,24,26,28,29). The highest BCUT2D eigenvalue weighted by Crippen LogP contribution is 2.45.